The van der Waals surface area contributed by atoms with Gasteiger partial charge in [-0.05, 0) is 47.6 Å². The quantitative estimate of drug-likeness (QED) is 0.473. The van der Waals surface area contributed by atoms with Crippen LogP contribution in [0.2, 0.25) is 0 Å². The minimum Gasteiger partial charge on any atom is -0.439 e. The Morgan fingerprint density at radius 3 is 2.47 bits per heavy atom. The molecule has 1 aliphatic rings. The van der Waals surface area contributed by atoms with E-state index >= 15 is 0 Å². The van der Waals surface area contributed by atoms with Gasteiger partial charge < -0.3 is 4.74 Å². The van der Waals surface area contributed by atoms with E-state index in [0.717, 1.165) is 16.7 Å². The van der Waals surface area contributed by atoms with Gasteiger partial charge in [-0.3, -0.25) is 4.90 Å². The first-order valence-corrected chi connectivity index (χ1v) is 10.6. The van der Waals surface area contributed by atoms with Crippen LogP contribution in [0.5, 0.6) is 0 Å². The first-order chi connectivity index (χ1) is 14.4. The number of amides is 1. The average Bonchev–Trinajstić information content (AvgIpc) is 3.09. The lowest BCUT2D eigenvalue weighted by atomic mass is 9.89. The van der Waals surface area contributed by atoms with Crippen LogP contribution in [0.3, 0.4) is 0 Å². The summed E-state index contributed by atoms with van der Waals surface area (Å²) in [7, 11) is 0. The number of nitrogens with zero attached hydrogens (tertiary/aromatic N) is 1. The molecule has 30 heavy (non-hydrogen) atoms. The molecular formula is C27H29NO2. The van der Waals surface area contributed by atoms with Crippen LogP contribution in [-0.2, 0) is 11.3 Å². The summed E-state index contributed by atoms with van der Waals surface area (Å²) < 4.78 is 5.85. The summed E-state index contributed by atoms with van der Waals surface area (Å²) >= 11 is 0. The van der Waals surface area contributed by atoms with Crippen molar-refractivity contribution in [3.63, 3.8) is 0 Å². The van der Waals surface area contributed by atoms with E-state index < -0.39 is 0 Å². The molecule has 3 aromatic rings. The zero-order chi connectivity index (χ0) is 21.3. The molecule has 0 radical (unpaired) electrons. The van der Waals surface area contributed by atoms with Crippen LogP contribution in [0.4, 0.5) is 4.79 Å². The summed E-state index contributed by atoms with van der Waals surface area (Å²) in [6.45, 7) is 9.79. The second-order valence-electron chi connectivity index (χ2n) is 8.56. The predicted octanol–water partition coefficient (Wildman–Crippen LogP) is 6.79. The van der Waals surface area contributed by atoms with Gasteiger partial charge in [0.05, 0.1) is 6.54 Å². The molecule has 1 fully saturated rings. The molecule has 0 saturated carbocycles. The number of hydrogen-bond donors (Lipinski definition) is 0. The van der Waals surface area contributed by atoms with Gasteiger partial charge in [-0.2, -0.15) is 0 Å². The summed E-state index contributed by atoms with van der Waals surface area (Å²) in [5, 5.41) is 0. The van der Waals surface area contributed by atoms with Crippen molar-refractivity contribution in [2.24, 2.45) is 0 Å². The Morgan fingerprint density at radius 1 is 0.967 bits per heavy atom. The molecular weight excluding hydrogens is 370 g/mol. The smallest absolute Gasteiger partial charge is 0.410 e. The Morgan fingerprint density at radius 2 is 1.73 bits per heavy atom. The molecule has 1 aliphatic heterocycles. The van der Waals surface area contributed by atoms with Gasteiger partial charge in [0, 0.05) is 12.1 Å². The minimum absolute atomic E-state index is 0.246. The monoisotopic (exact) mass is 399 g/mol. The predicted molar refractivity (Wildman–Crippen MR) is 122 cm³/mol. The van der Waals surface area contributed by atoms with E-state index in [1.54, 1.807) is 4.90 Å². The van der Waals surface area contributed by atoms with E-state index in [4.69, 9.17) is 4.74 Å². The summed E-state index contributed by atoms with van der Waals surface area (Å²) in [6.07, 6.45) is -0.512. The van der Waals surface area contributed by atoms with Crippen molar-refractivity contribution in [3.05, 3.63) is 94.5 Å². The molecule has 4 rings (SSSR count). The van der Waals surface area contributed by atoms with Crippen molar-refractivity contribution in [3.8, 4) is 11.1 Å². The van der Waals surface area contributed by atoms with Gasteiger partial charge in [0.2, 0.25) is 0 Å². The van der Waals surface area contributed by atoms with E-state index in [9.17, 15) is 4.79 Å². The molecule has 3 nitrogen and oxygen atoms in total. The number of carbonyl (C=O) groups excluding carboxylic acids is 1. The van der Waals surface area contributed by atoms with E-state index in [-0.39, 0.29) is 12.2 Å². The number of cyclic esters (lactones) is 1. The second-order valence-corrected chi connectivity index (χ2v) is 8.56. The molecule has 0 bridgehead atoms. The number of ether oxygens (including phenoxy) is 1. The number of benzene rings is 3. The summed E-state index contributed by atoms with van der Waals surface area (Å²) in [5.74, 6) is 0.462. The fourth-order valence-electron chi connectivity index (χ4n) is 4.09. The lowest BCUT2D eigenvalue weighted by molar-refractivity contribution is 0.132. The molecule has 1 atom stereocenters. The van der Waals surface area contributed by atoms with E-state index in [1.807, 2.05) is 30.3 Å². The largest absolute Gasteiger partial charge is 0.439 e. The average molecular weight is 400 g/mol. The maximum absolute atomic E-state index is 12.6. The third-order valence-electron chi connectivity index (χ3n) is 5.88. The van der Waals surface area contributed by atoms with E-state index in [1.165, 1.54) is 22.3 Å². The number of aryl methyl sites for hydroxylation is 2. The van der Waals surface area contributed by atoms with Crippen LogP contribution in [0.1, 0.15) is 53.7 Å². The number of hydrogen-bond acceptors (Lipinski definition) is 2. The SMILES string of the molecule is Cc1ccc(-c2cc(C(C)C)ccc2C)c(C2CN(Cc3ccccc3)C(=O)O2)c1. The Balaban J connectivity index is 1.68. The highest BCUT2D eigenvalue weighted by Crippen LogP contribution is 2.37. The molecule has 1 unspecified atom stereocenters. The summed E-state index contributed by atoms with van der Waals surface area (Å²) in [5.41, 5.74) is 8.28. The van der Waals surface area contributed by atoms with E-state index in [0.29, 0.717) is 19.0 Å². The Kier molecular flexibility index (Phi) is 5.63. The van der Waals surface area contributed by atoms with Gasteiger partial charge in [-0.1, -0.05) is 86.1 Å². The van der Waals surface area contributed by atoms with Crippen molar-refractivity contribution in [2.45, 2.75) is 46.3 Å². The van der Waals surface area contributed by atoms with Crippen molar-refractivity contribution in [1.82, 2.24) is 4.90 Å². The van der Waals surface area contributed by atoms with Crippen LogP contribution < -0.4 is 0 Å². The first-order valence-electron chi connectivity index (χ1n) is 10.6. The zero-order valence-corrected chi connectivity index (χ0v) is 18.2. The van der Waals surface area contributed by atoms with Crippen LogP contribution in [0, 0.1) is 13.8 Å². The van der Waals surface area contributed by atoms with Gasteiger partial charge in [-0.15, -0.1) is 0 Å². The number of rotatable bonds is 5. The Labute approximate surface area is 179 Å². The molecule has 1 heterocycles. The maximum atomic E-state index is 12.6. The Hall–Kier alpha value is -3.07. The molecule has 3 heteroatoms. The number of carbonyl (C=O) groups is 1. The molecule has 0 N–H and O–H groups in total. The van der Waals surface area contributed by atoms with Gasteiger partial charge in [0.1, 0.15) is 6.10 Å². The molecule has 0 spiro atoms. The molecule has 154 valence electrons. The van der Waals surface area contributed by atoms with Crippen LogP contribution in [0.25, 0.3) is 11.1 Å². The van der Waals surface area contributed by atoms with Gasteiger partial charge in [0.25, 0.3) is 0 Å². The fourth-order valence-corrected chi connectivity index (χ4v) is 4.09. The van der Waals surface area contributed by atoms with Crippen LogP contribution >= 0.6 is 0 Å². The standard InChI is InChI=1S/C27H29NO2/c1-18(2)22-12-11-20(4)24(15-22)23-13-10-19(3)14-25(23)26-17-28(27(29)30-26)16-21-8-6-5-7-9-21/h5-15,18,26H,16-17H2,1-4H3. The summed E-state index contributed by atoms with van der Waals surface area (Å²) in [4.78, 5) is 14.4. The first kappa shape index (κ1) is 20.2. The third kappa shape index (κ3) is 4.11. The third-order valence-corrected chi connectivity index (χ3v) is 5.88. The molecule has 3 aromatic carbocycles. The van der Waals surface area contributed by atoms with Gasteiger partial charge in [0.15, 0.2) is 0 Å². The zero-order valence-electron chi connectivity index (χ0n) is 18.2. The molecule has 0 aromatic heterocycles. The summed E-state index contributed by atoms with van der Waals surface area (Å²) in [6, 6.07) is 23.2. The minimum atomic E-state index is -0.266. The lowest BCUT2D eigenvalue weighted by Gasteiger charge is -2.19. The molecule has 0 aliphatic carbocycles. The fraction of sp³-hybridized carbons (Fsp3) is 0.296. The van der Waals surface area contributed by atoms with Gasteiger partial charge >= 0.3 is 6.09 Å². The highest BCUT2D eigenvalue weighted by atomic mass is 16.6. The molecule has 1 saturated heterocycles. The van der Waals surface area contributed by atoms with Gasteiger partial charge in [-0.25, -0.2) is 4.79 Å². The van der Waals surface area contributed by atoms with E-state index in [2.05, 4.69) is 64.1 Å². The van der Waals surface area contributed by atoms with Crippen molar-refractivity contribution in [2.75, 3.05) is 6.54 Å². The van der Waals surface area contributed by atoms with Crippen molar-refractivity contribution in [1.29, 1.82) is 0 Å². The van der Waals surface area contributed by atoms with Crippen molar-refractivity contribution < 1.29 is 9.53 Å². The molecule has 1 amide bonds. The van der Waals surface area contributed by atoms with Crippen LogP contribution in [-0.4, -0.2) is 17.5 Å². The topological polar surface area (TPSA) is 29.5 Å². The lowest BCUT2D eigenvalue weighted by Crippen LogP contribution is -2.23. The van der Waals surface area contributed by atoms with Crippen LogP contribution in [0.15, 0.2) is 66.7 Å². The van der Waals surface area contributed by atoms with Crippen molar-refractivity contribution >= 4 is 6.09 Å². The highest BCUT2D eigenvalue weighted by Gasteiger charge is 2.34. The Bertz CT molecular complexity index is 1060. The normalized spacial score (nSPS) is 16.2. The maximum Gasteiger partial charge on any atom is 0.410 e. The second kappa shape index (κ2) is 8.35. The highest BCUT2D eigenvalue weighted by molar-refractivity contribution is 5.75.